The molecule has 5 heteroatoms. The Morgan fingerprint density at radius 1 is 1.42 bits per heavy atom. The zero-order valence-electron chi connectivity index (χ0n) is 11.4. The molecule has 2 aromatic heterocycles. The maximum atomic E-state index is 5.91. The van der Waals surface area contributed by atoms with Gasteiger partial charge in [0.1, 0.15) is 5.82 Å². The second-order valence-corrected chi connectivity index (χ2v) is 5.54. The van der Waals surface area contributed by atoms with E-state index in [-0.39, 0.29) is 0 Å². The highest BCUT2D eigenvalue weighted by Crippen LogP contribution is 2.15. The molecule has 0 radical (unpaired) electrons. The number of likely N-dealkylation sites (N-methyl/N-ethyl adjacent to an activating group) is 1. The molecule has 0 aromatic carbocycles. The monoisotopic (exact) mass is 276 g/mol. The number of hydrogen-bond donors (Lipinski definition) is 2. The number of nitrogens with two attached hydrogens (primary N) is 1. The number of anilines is 1. The number of aromatic nitrogens is 2. The van der Waals surface area contributed by atoms with Crippen LogP contribution in [-0.2, 0) is 12.8 Å². The van der Waals surface area contributed by atoms with E-state index >= 15 is 0 Å². The van der Waals surface area contributed by atoms with Crippen LogP contribution < -0.4 is 11.1 Å². The molecule has 0 aliphatic carbocycles. The Morgan fingerprint density at radius 3 is 2.89 bits per heavy atom. The third kappa shape index (κ3) is 4.01. The summed E-state index contributed by atoms with van der Waals surface area (Å²) in [6.07, 6.45) is 3.54. The molecular formula is C14H20N4S. The molecule has 0 saturated carbocycles. The molecule has 4 nitrogen and oxygen atoms in total. The first-order valence-electron chi connectivity index (χ1n) is 6.52. The molecule has 0 spiro atoms. The van der Waals surface area contributed by atoms with E-state index in [0.717, 1.165) is 30.6 Å². The Hall–Kier alpha value is -1.46. The van der Waals surface area contributed by atoms with Gasteiger partial charge in [0.15, 0.2) is 0 Å². The van der Waals surface area contributed by atoms with Crippen LogP contribution in [0.5, 0.6) is 0 Å². The van der Waals surface area contributed by atoms with Crippen LogP contribution in [0.25, 0.3) is 0 Å². The Balaban J connectivity index is 2.06. The van der Waals surface area contributed by atoms with Crippen molar-refractivity contribution in [3.63, 3.8) is 0 Å². The van der Waals surface area contributed by atoms with E-state index in [1.165, 1.54) is 5.01 Å². The zero-order chi connectivity index (χ0) is 13.7. The Labute approximate surface area is 118 Å². The van der Waals surface area contributed by atoms with Gasteiger partial charge in [0, 0.05) is 29.7 Å². The molecule has 0 aliphatic heterocycles. The van der Waals surface area contributed by atoms with Crippen molar-refractivity contribution in [2.75, 3.05) is 12.3 Å². The number of nitrogen functional groups attached to an aromatic ring is 1. The molecule has 2 heterocycles. The summed E-state index contributed by atoms with van der Waals surface area (Å²) in [6.45, 7) is 5.09. The average molecular weight is 276 g/mol. The zero-order valence-corrected chi connectivity index (χ0v) is 12.2. The third-order valence-electron chi connectivity index (χ3n) is 2.97. The molecule has 2 aromatic rings. The molecule has 1 atom stereocenters. The largest absolute Gasteiger partial charge is 0.383 e. The van der Waals surface area contributed by atoms with Crippen LogP contribution in [-0.4, -0.2) is 22.6 Å². The van der Waals surface area contributed by atoms with E-state index in [1.54, 1.807) is 17.5 Å². The Bertz CT molecular complexity index is 524. The van der Waals surface area contributed by atoms with E-state index in [0.29, 0.717) is 11.9 Å². The van der Waals surface area contributed by atoms with Crippen LogP contribution in [0.15, 0.2) is 23.7 Å². The van der Waals surface area contributed by atoms with E-state index in [4.69, 9.17) is 5.73 Å². The van der Waals surface area contributed by atoms with Gasteiger partial charge in [-0.25, -0.2) is 9.97 Å². The molecule has 102 valence electrons. The number of aryl methyl sites for hydroxylation is 1. The normalized spacial score (nSPS) is 12.5. The van der Waals surface area contributed by atoms with Crippen LogP contribution in [0.4, 0.5) is 5.82 Å². The van der Waals surface area contributed by atoms with Gasteiger partial charge < -0.3 is 11.1 Å². The van der Waals surface area contributed by atoms with Crippen molar-refractivity contribution in [3.05, 3.63) is 40.0 Å². The van der Waals surface area contributed by atoms with Crippen molar-refractivity contribution in [3.8, 4) is 0 Å². The van der Waals surface area contributed by atoms with Crippen LogP contribution in [0.2, 0.25) is 0 Å². The first-order valence-corrected chi connectivity index (χ1v) is 7.40. The Kier molecular flexibility index (Phi) is 4.87. The highest BCUT2D eigenvalue weighted by atomic mass is 32.1. The van der Waals surface area contributed by atoms with Gasteiger partial charge in [-0.3, -0.25) is 0 Å². The van der Waals surface area contributed by atoms with Gasteiger partial charge in [-0.15, -0.1) is 11.3 Å². The standard InChI is InChI=1S/C14H20N4S/c1-3-16-12(8-13-18-10(2)9-19-13)7-11-5-4-6-17-14(11)15/h4-6,9,12,16H,3,7-8H2,1-2H3,(H2,15,17). The molecule has 0 amide bonds. The van der Waals surface area contributed by atoms with Crippen molar-refractivity contribution in [1.29, 1.82) is 0 Å². The van der Waals surface area contributed by atoms with Crippen molar-refractivity contribution in [2.24, 2.45) is 0 Å². The quantitative estimate of drug-likeness (QED) is 0.849. The van der Waals surface area contributed by atoms with Crippen molar-refractivity contribution < 1.29 is 0 Å². The van der Waals surface area contributed by atoms with Crippen molar-refractivity contribution in [1.82, 2.24) is 15.3 Å². The smallest absolute Gasteiger partial charge is 0.126 e. The minimum Gasteiger partial charge on any atom is -0.383 e. The molecule has 2 rings (SSSR count). The molecule has 0 aliphatic rings. The SMILES string of the molecule is CCNC(Cc1nc(C)cs1)Cc1cccnc1N. The van der Waals surface area contributed by atoms with Gasteiger partial charge in [0.2, 0.25) is 0 Å². The fourth-order valence-corrected chi connectivity index (χ4v) is 2.95. The minimum atomic E-state index is 0.349. The lowest BCUT2D eigenvalue weighted by Crippen LogP contribution is -2.33. The lowest BCUT2D eigenvalue weighted by molar-refractivity contribution is 0.520. The summed E-state index contributed by atoms with van der Waals surface area (Å²) in [5.41, 5.74) is 8.10. The molecule has 3 N–H and O–H groups in total. The van der Waals surface area contributed by atoms with Gasteiger partial charge in [-0.1, -0.05) is 13.0 Å². The summed E-state index contributed by atoms with van der Waals surface area (Å²) in [5.74, 6) is 0.626. The maximum absolute atomic E-state index is 5.91. The lowest BCUT2D eigenvalue weighted by Gasteiger charge is -2.17. The summed E-state index contributed by atoms with van der Waals surface area (Å²) in [7, 11) is 0. The third-order valence-corrected chi connectivity index (χ3v) is 3.96. The molecule has 0 fully saturated rings. The number of thiazole rings is 1. The number of pyridine rings is 1. The summed E-state index contributed by atoms with van der Waals surface area (Å²) in [4.78, 5) is 8.67. The summed E-state index contributed by atoms with van der Waals surface area (Å²) >= 11 is 1.72. The number of nitrogens with zero attached hydrogens (tertiary/aromatic N) is 2. The maximum Gasteiger partial charge on any atom is 0.126 e. The van der Waals surface area contributed by atoms with Crippen LogP contribution >= 0.6 is 11.3 Å². The minimum absolute atomic E-state index is 0.349. The van der Waals surface area contributed by atoms with E-state index in [9.17, 15) is 0 Å². The van der Waals surface area contributed by atoms with Crippen molar-refractivity contribution in [2.45, 2.75) is 32.7 Å². The average Bonchev–Trinajstić information content (AvgIpc) is 2.78. The van der Waals surface area contributed by atoms with E-state index < -0.39 is 0 Å². The summed E-state index contributed by atoms with van der Waals surface area (Å²) < 4.78 is 0. The first kappa shape index (κ1) is 14.0. The molecule has 0 saturated heterocycles. The fourth-order valence-electron chi connectivity index (χ4n) is 2.10. The fraction of sp³-hybridized carbons (Fsp3) is 0.429. The van der Waals surface area contributed by atoms with Gasteiger partial charge in [-0.2, -0.15) is 0 Å². The van der Waals surface area contributed by atoms with Crippen LogP contribution in [0.3, 0.4) is 0 Å². The predicted octanol–water partition coefficient (Wildman–Crippen LogP) is 2.19. The number of hydrogen-bond acceptors (Lipinski definition) is 5. The second-order valence-electron chi connectivity index (χ2n) is 4.59. The molecular weight excluding hydrogens is 256 g/mol. The number of nitrogens with one attached hydrogen (secondary N) is 1. The van der Waals surface area contributed by atoms with Crippen LogP contribution in [0, 0.1) is 6.92 Å². The van der Waals surface area contributed by atoms with Gasteiger partial charge >= 0.3 is 0 Å². The lowest BCUT2D eigenvalue weighted by atomic mass is 10.0. The van der Waals surface area contributed by atoms with Crippen LogP contribution in [0.1, 0.15) is 23.2 Å². The summed E-state index contributed by atoms with van der Waals surface area (Å²) in [6, 6.07) is 4.32. The van der Waals surface area contributed by atoms with E-state index in [2.05, 4.69) is 27.6 Å². The highest BCUT2D eigenvalue weighted by molar-refractivity contribution is 7.09. The molecule has 19 heavy (non-hydrogen) atoms. The highest BCUT2D eigenvalue weighted by Gasteiger charge is 2.13. The predicted molar refractivity (Wildman–Crippen MR) is 80.4 cm³/mol. The van der Waals surface area contributed by atoms with Gasteiger partial charge in [0.25, 0.3) is 0 Å². The first-order chi connectivity index (χ1) is 9.19. The molecule has 0 bridgehead atoms. The second kappa shape index (κ2) is 6.63. The topological polar surface area (TPSA) is 63.8 Å². The van der Waals surface area contributed by atoms with E-state index in [1.807, 2.05) is 19.1 Å². The van der Waals surface area contributed by atoms with Gasteiger partial charge in [-0.05, 0) is 31.5 Å². The number of rotatable bonds is 6. The van der Waals surface area contributed by atoms with Crippen molar-refractivity contribution >= 4 is 17.2 Å². The molecule has 1 unspecified atom stereocenters. The summed E-state index contributed by atoms with van der Waals surface area (Å²) in [5, 5.41) is 6.77. The van der Waals surface area contributed by atoms with Gasteiger partial charge in [0.05, 0.1) is 5.01 Å². The Morgan fingerprint density at radius 2 is 2.26 bits per heavy atom.